The maximum atomic E-state index is 14.4. The SMILES string of the molecule is CC(=O)c1ccc(N2CCN(S(=O)(=O)c3c(C)cccc3[N+](=O)[O-])CC2)c(F)c1. The Labute approximate surface area is 167 Å². The van der Waals surface area contributed by atoms with E-state index in [9.17, 15) is 27.7 Å². The Bertz CT molecular complexity index is 1080. The molecular formula is C19H20FN3O5S. The number of sulfonamides is 1. The van der Waals surface area contributed by atoms with E-state index >= 15 is 0 Å². The number of carbonyl (C=O) groups is 1. The molecule has 10 heteroatoms. The summed E-state index contributed by atoms with van der Waals surface area (Å²) in [5.74, 6) is -0.797. The summed E-state index contributed by atoms with van der Waals surface area (Å²) in [6.45, 7) is 3.42. The summed E-state index contributed by atoms with van der Waals surface area (Å²) in [5, 5.41) is 11.3. The van der Waals surface area contributed by atoms with Gasteiger partial charge in [-0.3, -0.25) is 14.9 Å². The number of hydrogen-bond donors (Lipinski definition) is 0. The first-order valence-electron chi connectivity index (χ1n) is 8.92. The molecule has 0 saturated carbocycles. The third-order valence-electron chi connectivity index (χ3n) is 4.92. The second-order valence-corrected chi connectivity index (χ2v) is 8.67. The second-order valence-electron chi connectivity index (χ2n) is 6.79. The molecule has 0 aliphatic carbocycles. The van der Waals surface area contributed by atoms with Gasteiger partial charge in [-0.25, -0.2) is 12.8 Å². The summed E-state index contributed by atoms with van der Waals surface area (Å²) < 4.78 is 41.7. The first kappa shape index (κ1) is 20.9. The molecule has 0 unspecified atom stereocenters. The summed E-state index contributed by atoms with van der Waals surface area (Å²) in [4.78, 5) is 23.4. The molecule has 1 aliphatic heterocycles. The van der Waals surface area contributed by atoms with Gasteiger partial charge in [0.25, 0.3) is 5.69 Å². The van der Waals surface area contributed by atoms with Gasteiger partial charge in [0, 0.05) is 37.8 Å². The molecule has 0 aromatic heterocycles. The molecule has 0 radical (unpaired) electrons. The van der Waals surface area contributed by atoms with Crippen molar-refractivity contribution in [1.29, 1.82) is 0 Å². The maximum Gasteiger partial charge on any atom is 0.289 e. The van der Waals surface area contributed by atoms with E-state index in [1.54, 1.807) is 4.90 Å². The molecular weight excluding hydrogens is 401 g/mol. The number of piperazine rings is 1. The normalized spacial score (nSPS) is 15.3. The van der Waals surface area contributed by atoms with E-state index in [2.05, 4.69) is 0 Å². The number of aryl methyl sites for hydroxylation is 1. The van der Waals surface area contributed by atoms with Crippen LogP contribution in [0, 0.1) is 22.9 Å². The van der Waals surface area contributed by atoms with Crippen molar-refractivity contribution in [2.24, 2.45) is 0 Å². The number of halogens is 1. The molecule has 0 N–H and O–H groups in total. The lowest BCUT2D eigenvalue weighted by atomic mass is 10.1. The Morgan fingerprint density at radius 3 is 2.34 bits per heavy atom. The zero-order chi connectivity index (χ0) is 21.3. The zero-order valence-electron chi connectivity index (χ0n) is 16.0. The van der Waals surface area contributed by atoms with E-state index in [4.69, 9.17) is 0 Å². The fourth-order valence-electron chi connectivity index (χ4n) is 3.40. The fourth-order valence-corrected chi connectivity index (χ4v) is 5.18. The predicted octanol–water partition coefficient (Wildman–Crippen LogP) is 2.76. The number of nitro groups is 1. The van der Waals surface area contributed by atoms with Crippen LogP contribution in [0.15, 0.2) is 41.3 Å². The Morgan fingerprint density at radius 2 is 1.79 bits per heavy atom. The molecule has 3 rings (SSSR count). The monoisotopic (exact) mass is 421 g/mol. The maximum absolute atomic E-state index is 14.4. The lowest BCUT2D eigenvalue weighted by Crippen LogP contribution is -2.49. The molecule has 0 spiro atoms. The van der Waals surface area contributed by atoms with Gasteiger partial charge in [-0.2, -0.15) is 4.31 Å². The van der Waals surface area contributed by atoms with Gasteiger partial charge >= 0.3 is 0 Å². The first-order valence-corrected chi connectivity index (χ1v) is 10.4. The first-order chi connectivity index (χ1) is 13.6. The summed E-state index contributed by atoms with van der Waals surface area (Å²) in [6, 6.07) is 8.32. The van der Waals surface area contributed by atoms with Crippen molar-refractivity contribution in [3.63, 3.8) is 0 Å². The van der Waals surface area contributed by atoms with Crippen LogP contribution in [-0.2, 0) is 10.0 Å². The highest BCUT2D eigenvalue weighted by molar-refractivity contribution is 7.89. The van der Waals surface area contributed by atoms with Crippen molar-refractivity contribution in [2.45, 2.75) is 18.7 Å². The smallest absolute Gasteiger partial charge is 0.289 e. The number of hydrogen-bond acceptors (Lipinski definition) is 6. The molecule has 0 atom stereocenters. The van der Waals surface area contributed by atoms with Crippen molar-refractivity contribution in [1.82, 2.24) is 4.31 Å². The van der Waals surface area contributed by atoms with Gasteiger partial charge in [-0.05, 0) is 37.6 Å². The average molecular weight is 421 g/mol. The van der Waals surface area contributed by atoms with E-state index < -0.39 is 26.5 Å². The Kier molecular flexibility index (Phi) is 5.67. The topological polar surface area (TPSA) is 101 Å². The molecule has 1 heterocycles. The average Bonchev–Trinajstić information content (AvgIpc) is 2.67. The number of ketones is 1. The van der Waals surface area contributed by atoms with Crippen LogP contribution in [0.25, 0.3) is 0 Å². The Morgan fingerprint density at radius 1 is 1.14 bits per heavy atom. The number of anilines is 1. The summed E-state index contributed by atoms with van der Waals surface area (Å²) >= 11 is 0. The summed E-state index contributed by atoms with van der Waals surface area (Å²) in [5.41, 5.74) is 0.388. The molecule has 0 amide bonds. The number of rotatable bonds is 5. The Balaban J connectivity index is 1.83. The standard InChI is InChI=1S/C19H20FN3O5S/c1-13-4-3-5-18(23(25)26)19(13)29(27,28)22-10-8-21(9-11-22)17-7-6-15(14(2)24)12-16(17)20/h3-7,12H,8-11H2,1-2H3. The van der Waals surface area contributed by atoms with Crippen LogP contribution in [0.2, 0.25) is 0 Å². The number of Topliss-reactive ketones (excluding diaryl/α,β-unsaturated/α-hetero) is 1. The van der Waals surface area contributed by atoms with Gasteiger partial charge in [-0.1, -0.05) is 12.1 Å². The van der Waals surface area contributed by atoms with Gasteiger partial charge < -0.3 is 4.90 Å². The highest BCUT2D eigenvalue weighted by Crippen LogP contribution is 2.31. The molecule has 154 valence electrons. The van der Waals surface area contributed by atoms with Crippen molar-refractivity contribution in [3.05, 3.63) is 63.5 Å². The van der Waals surface area contributed by atoms with Crippen molar-refractivity contribution >= 4 is 27.2 Å². The van der Waals surface area contributed by atoms with E-state index in [0.717, 1.165) is 6.07 Å². The second kappa shape index (κ2) is 7.88. The zero-order valence-corrected chi connectivity index (χ0v) is 16.8. The van der Waals surface area contributed by atoms with Crippen molar-refractivity contribution in [2.75, 3.05) is 31.1 Å². The van der Waals surface area contributed by atoms with Gasteiger partial charge in [-0.15, -0.1) is 0 Å². The third kappa shape index (κ3) is 3.99. The van der Waals surface area contributed by atoms with E-state index in [1.807, 2.05) is 0 Å². The fraction of sp³-hybridized carbons (Fsp3) is 0.316. The van der Waals surface area contributed by atoms with Gasteiger partial charge in [0.05, 0.1) is 10.6 Å². The van der Waals surface area contributed by atoms with Crippen molar-refractivity contribution < 1.29 is 22.5 Å². The van der Waals surface area contributed by atoms with Gasteiger partial charge in [0.2, 0.25) is 10.0 Å². The van der Waals surface area contributed by atoms with E-state index in [1.165, 1.54) is 48.5 Å². The van der Waals surface area contributed by atoms with E-state index in [0.29, 0.717) is 5.56 Å². The summed E-state index contributed by atoms with van der Waals surface area (Å²) in [7, 11) is -4.08. The summed E-state index contributed by atoms with van der Waals surface area (Å²) in [6.07, 6.45) is 0. The van der Waals surface area contributed by atoms with Gasteiger partial charge in [0.1, 0.15) is 5.82 Å². The van der Waals surface area contributed by atoms with Crippen LogP contribution in [-0.4, -0.2) is 49.6 Å². The highest BCUT2D eigenvalue weighted by Gasteiger charge is 2.35. The largest absolute Gasteiger partial charge is 0.367 e. The lowest BCUT2D eigenvalue weighted by molar-refractivity contribution is -0.387. The molecule has 2 aromatic carbocycles. The molecule has 1 fully saturated rings. The van der Waals surface area contributed by atoms with Crippen LogP contribution in [0.3, 0.4) is 0 Å². The number of carbonyl (C=O) groups excluding carboxylic acids is 1. The highest BCUT2D eigenvalue weighted by atomic mass is 32.2. The number of nitrogens with zero attached hydrogens (tertiary/aromatic N) is 3. The Hall–Kier alpha value is -2.85. The molecule has 1 aliphatic rings. The molecule has 8 nitrogen and oxygen atoms in total. The number of nitro benzene ring substituents is 1. The molecule has 2 aromatic rings. The number of benzene rings is 2. The molecule has 0 bridgehead atoms. The minimum absolute atomic E-state index is 0.0573. The van der Waals surface area contributed by atoms with Crippen LogP contribution in [0.1, 0.15) is 22.8 Å². The lowest BCUT2D eigenvalue weighted by Gasteiger charge is -2.35. The molecule has 29 heavy (non-hydrogen) atoms. The third-order valence-corrected chi connectivity index (χ3v) is 7.01. The molecule has 1 saturated heterocycles. The van der Waals surface area contributed by atoms with Crippen LogP contribution >= 0.6 is 0 Å². The predicted molar refractivity (Wildman–Crippen MR) is 105 cm³/mol. The minimum atomic E-state index is -4.08. The van der Waals surface area contributed by atoms with E-state index in [-0.39, 0.29) is 48.1 Å². The quantitative estimate of drug-likeness (QED) is 0.418. The minimum Gasteiger partial charge on any atom is -0.367 e. The van der Waals surface area contributed by atoms with Crippen LogP contribution in [0.5, 0.6) is 0 Å². The van der Waals surface area contributed by atoms with Crippen LogP contribution < -0.4 is 4.90 Å². The van der Waals surface area contributed by atoms with Crippen LogP contribution in [0.4, 0.5) is 15.8 Å². The van der Waals surface area contributed by atoms with Crippen molar-refractivity contribution in [3.8, 4) is 0 Å². The van der Waals surface area contributed by atoms with Gasteiger partial charge in [0.15, 0.2) is 10.7 Å².